The number of halogens is 1. The molecule has 3 aromatic carbocycles. The summed E-state index contributed by atoms with van der Waals surface area (Å²) in [6, 6.07) is 21.6. The zero-order valence-electron chi connectivity index (χ0n) is 18.4. The number of hydrogen-bond acceptors (Lipinski definition) is 4. The number of aryl methyl sites for hydroxylation is 2. The van der Waals surface area contributed by atoms with Crippen molar-refractivity contribution in [1.82, 2.24) is 14.7 Å². The van der Waals surface area contributed by atoms with Crippen molar-refractivity contribution in [2.24, 2.45) is 0 Å². The first-order valence-electron chi connectivity index (χ1n) is 10.8. The summed E-state index contributed by atoms with van der Waals surface area (Å²) in [7, 11) is 0. The van der Waals surface area contributed by atoms with Gasteiger partial charge in [0.25, 0.3) is 5.89 Å². The molecule has 33 heavy (non-hydrogen) atoms. The molecule has 0 aliphatic heterocycles. The van der Waals surface area contributed by atoms with Crippen LogP contribution in [0.3, 0.4) is 0 Å². The number of pyridine rings is 1. The number of hydrogen-bond donors (Lipinski definition) is 0. The van der Waals surface area contributed by atoms with Crippen molar-refractivity contribution < 1.29 is 4.52 Å². The molecule has 2 aromatic heterocycles. The Hall–Kier alpha value is -3.70. The van der Waals surface area contributed by atoms with Crippen molar-refractivity contribution in [3.8, 4) is 22.8 Å². The normalized spacial score (nSPS) is 11.2. The maximum Gasteiger partial charge on any atom is 0.263 e. The topological polar surface area (TPSA) is 60.9 Å². The Balaban J connectivity index is 1.66. The Morgan fingerprint density at radius 2 is 1.82 bits per heavy atom. The van der Waals surface area contributed by atoms with Crippen LogP contribution in [-0.4, -0.2) is 14.7 Å². The monoisotopic (exact) mass is 455 g/mol. The van der Waals surface area contributed by atoms with Crippen LogP contribution < -0.4 is 5.43 Å². The first-order chi connectivity index (χ1) is 16.0. The second kappa shape index (κ2) is 8.68. The fourth-order valence-electron chi connectivity index (χ4n) is 3.93. The lowest BCUT2D eigenvalue weighted by atomic mass is 10.1. The van der Waals surface area contributed by atoms with Crippen LogP contribution in [0, 0.1) is 6.92 Å². The molecule has 0 saturated carbocycles. The van der Waals surface area contributed by atoms with Gasteiger partial charge in [0.1, 0.15) is 5.56 Å². The van der Waals surface area contributed by atoms with E-state index >= 15 is 0 Å². The third kappa shape index (κ3) is 4.20. The van der Waals surface area contributed by atoms with Gasteiger partial charge in [0.15, 0.2) is 0 Å². The highest BCUT2D eigenvalue weighted by Crippen LogP contribution is 2.24. The zero-order valence-corrected chi connectivity index (χ0v) is 19.1. The molecule has 0 aliphatic carbocycles. The molecule has 2 heterocycles. The van der Waals surface area contributed by atoms with E-state index in [0.717, 1.165) is 34.2 Å². The minimum Gasteiger partial charge on any atom is -0.342 e. The first-order valence-corrected chi connectivity index (χ1v) is 11.2. The van der Waals surface area contributed by atoms with Crippen LogP contribution in [0.4, 0.5) is 0 Å². The van der Waals surface area contributed by atoms with E-state index in [4.69, 9.17) is 16.1 Å². The van der Waals surface area contributed by atoms with E-state index in [1.165, 1.54) is 0 Å². The van der Waals surface area contributed by atoms with E-state index in [1.54, 1.807) is 6.20 Å². The highest BCUT2D eigenvalue weighted by Gasteiger charge is 2.18. The number of aromatic nitrogens is 3. The molecule has 0 bridgehead atoms. The third-order valence-electron chi connectivity index (χ3n) is 5.76. The maximum absolute atomic E-state index is 13.5. The Morgan fingerprint density at radius 1 is 1.00 bits per heavy atom. The minimum atomic E-state index is -0.123. The SMILES string of the molecule is CCc1ccc2c(c1)c(=O)c(-c1nc(-c3ccc(C)cc3)no1)cn2Cc1cccc(Cl)c1. The highest BCUT2D eigenvalue weighted by atomic mass is 35.5. The summed E-state index contributed by atoms with van der Waals surface area (Å²) < 4.78 is 7.59. The lowest BCUT2D eigenvalue weighted by Crippen LogP contribution is -2.13. The smallest absolute Gasteiger partial charge is 0.263 e. The van der Waals surface area contributed by atoms with Crippen LogP contribution in [0.25, 0.3) is 33.7 Å². The molecule has 0 saturated heterocycles. The minimum absolute atomic E-state index is 0.123. The molecule has 0 atom stereocenters. The van der Waals surface area contributed by atoms with Crippen LogP contribution in [0.15, 0.2) is 82.2 Å². The van der Waals surface area contributed by atoms with E-state index in [-0.39, 0.29) is 11.3 Å². The summed E-state index contributed by atoms with van der Waals surface area (Å²) in [6.45, 7) is 4.64. The second-order valence-corrected chi connectivity index (χ2v) is 8.56. The fourth-order valence-corrected chi connectivity index (χ4v) is 4.15. The van der Waals surface area contributed by atoms with Crippen LogP contribution in [0.5, 0.6) is 0 Å². The van der Waals surface area contributed by atoms with Crippen molar-refractivity contribution in [1.29, 1.82) is 0 Å². The zero-order chi connectivity index (χ0) is 22.9. The van der Waals surface area contributed by atoms with Crippen LogP contribution in [0.2, 0.25) is 5.02 Å². The van der Waals surface area contributed by atoms with Gasteiger partial charge in [0.2, 0.25) is 11.3 Å². The van der Waals surface area contributed by atoms with E-state index in [9.17, 15) is 4.79 Å². The molecule has 0 fully saturated rings. The third-order valence-corrected chi connectivity index (χ3v) is 6.00. The molecule has 0 spiro atoms. The van der Waals surface area contributed by atoms with Gasteiger partial charge in [0, 0.05) is 28.7 Å². The number of rotatable bonds is 5. The van der Waals surface area contributed by atoms with Crippen LogP contribution in [0.1, 0.15) is 23.6 Å². The average Bonchev–Trinajstić information content (AvgIpc) is 3.31. The van der Waals surface area contributed by atoms with E-state index in [0.29, 0.717) is 28.3 Å². The number of benzene rings is 3. The molecular weight excluding hydrogens is 434 g/mol. The van der Waals surface area contributed by atoms with Gasteiger partial charge in [-0.25, -0.2) is 0 Å². The molecule has 5 aromatic rings. The maximum atomic E-state index is 13.5. The molecule has 5 nitrogen and oxygen atoms in total. The van der Waals surface area contributed by atoms with Crippen molar-refractivity contribution in [2.75, 3.05) is 0 Å². The van der Waals surface area contributed by atoms with Gasteiger partial charge in [-0.3, -0.25) is 4.79 Å². The first kappa shape index (κ1) is 21.2. The van der Waals surface area contributed by atoms with Gasteiger partial charge >= 0.3 is 0 Å². The quantitative estimate of drug-likeness (QED) is 0.312. The van der Waals surface area contributed by atoms with Gasteiger partial charge in [0.05, 0.1) is 5.52 Å². The summed E-state index contributed by atoms with van der Waals surface area (Å²) in [5, 5.41) is 5.42. The standard InChI is InChI=1S/C27H22ClN3O2/c1-3-18-9-12-24-22(14-18)25(32)23(16-31(24)15-19-5-4-6-21(28)13-19)27-29-26(30-33-27)20-10-7-17(2)8-11-20/h4-14,16H,3,15H2,1-2H3. The van der Waals surface area contributed by atoms with E-state index in [2.05, 4.69) is 23.1 Å². The van der Waals surface area contributed by atoms with Gasteiger partial charge < -0.3 is 9.09 Å². The summed E-state index contributed by atoms with van der Waals surface area (Å²) in [4.78, 5) is 18.0. The lowest BCUT2D eigenvalue weighted by molar-refractivity contribution is 0.431. The summed E-state index contributed by atoms with van der Waals surface area (Å²) >= 11 is 6.20. The lowest BCUT2D eigenvalue weighted by Gasteiger charge is -2.13. The van der Waals surface area contributed by atoms with Crippen molar-refractivity contribution in [3.63, 3.8) is 0 Å². The van der Waals surface area contributed by atoms with Crippen molar-refractivity contribution in [3.05, 3.63) is 105 Å². The Morgan fingerprint density at radius 3 is 2.58 bits per heavy atom. The van der Waals surface area contributed by atoms with E-state index < -0.39 is 0 Å². The molecule has 0 amide bonds. The van der Waals surface area contributed by atoms with Gasteiger partial charge in [-0.05, 0) is 48.7 Å². The van der Waals surface area contributed by atoms with Crippen LogP contribution in [-0.2, 0) is 13.0 Å². The summed E-state index contributed by atoms with van der Waals surface area (Å²) in [5.74, 6) is 0.660. The molecule has 6 heteroatoms. The predicted octanol–water partition coefficient (Wildman–Crippen LogP) is 6.29. The molecule has 0 N–H and O–H groups in total. The molecule has 5 rings (SSSR count). The van der Waals surface area contributed by atoms with Gasteiger partial charge in [-0.1, -0.05) is 71.7 Å². The fraction of sp³-hybridized carbons (Fsp3) is 0.148. The Labute approximate surface area is 196 Å². The predicted molar refractivity (Wildman–Crippen MR) is 132 cm³/mol. The highest BCUT2D eigenvalue weighted by molar-refractivity contribution is 6.30. The van der Waals surface area contributed by atoms with Crippen molar-refractivity contribution in [2.45, 2.75) is 26.8 Å². The molecule has 0 radical (unpaired) electrons. The summed E-state index contributed by atoms with van der Waals surface area (Å²) in [5.41, 5.74) is 5.21. The van der Waals surface area contributed by atoms with Gasteiger partial charge in [-0.2, -0.15) is 4.98 Å². The molecule has 164 valence electrons. The van der Waals surface area contributed by atoms with Crippen LogP contribution >= 0.6 is 11.6 Å². The Kier molecular flexibility index (Phi) is 5.56. The van der Waals surface area contributed by atoms with Gasteiger partial charge in [-0.15, -0.1) is 0 Å². The largest absolute Gasteiger partial charge is 0.342 e. The summed E-state index contributed by atoms with van der Waals surface area (Å²) in [6.07, 6.45) is 2.63. The molecule has 0 unspecified atom stereocenters. The second-order valence-electron chi connectivity index (χ2n) is 8.12. The van der Waals surface area contributed by atoms with Crippen molar-refractivity contribution >= 4 is 22.5 Å². The molecular formula is C27H22ClN3O2. The number of fused-ring (bicyclic) bond motifs is 1. The van der Waals surface area contributed by atoms with E-state index in [1.807, 2.05) is 72.2 Å². The molecule has 0 aliphatic rings. The Bertz CT molecular complexity index is 1520. The average molecular weight is 456 g/mol. The number of nitrogens with zero attached hydrogens (tertiary/aromatic N) is 3.